The zero-order valence-corrected chi connectivity index (χ0v) is 28.9. The Labute approximate surface area is 282 Å². The average molecular weight is 763 g/mol. The summed E-state index contributed by atoms with van der Waals surface area (Å²) in [6, 6.07) is 16.3. The molecule has 228 valence electrons. The number of halogens is 3. The summed E-state index contributed by atoms with van der Waals surface area (Å²) in [5, 5.41) is 0.936. The van der Waals surface area contributed by atoms with Crippen molar-refractivity contribution in [2.45, 2.75) is 40.3 Å². The van der Waals surface area contributed by atoms with Crippen molar-refractivity contribution in [3.8, 4) is 11.5 Å². The first-order valence-corrected chi connectivity index (χ1v) is 16.6. The van der Waals surface area contributed by atoms with Crippen LogP contribution in [0.2, 0.25) is 10.0 Å². The van der Waals surface area contributed by atoms with Gasteiger partial charge in [-0.25, -0.2) is 9.79 Å². The largest absolute Gasteiger partial charge is 0.490 e. The summed E-state index contributed by atoms with van der Waals surface area (Å²) >= 11 is 15.7. The van der Waals surface area contributed by atoms with Gasteiger partial charge in [0.1, 0.15) is 6.61 Å². The van der Waals surface area contributed by atoms with E-state index in [-0.39, 0.29) is 18.8 Å². The summed E-state index contributed by atoms with van der Waals surface area (Å²) < 4.78 is 20.4. The Morgan fingerprint density at radius 2 is 1.77 bits per heavy atom. The molecule has 0 spiro atoms. The van der Waals surface area contributed by atoms with Gasteiger partial charge in [-0.1, -0.05) is 70.4 Å². The summed E-state index contributed by atoms with van der Waals surface area (Å²) in [4.78, 5) is 32.3. The second-order valence-electron chi connectivity index (χ2n) is 10.0. The maximum Gasteiger partial charge on any atom is 0.338 e. The number of allylic oxidation sites excluding steroid dienone is 1. The van der Waals surface area contributed by atoms with Crippen molar-refractivity contribution in [3.63, 3.8) is 0 Å². The molecule has 1 aliphatic heterocycles. The van der Waals surface area contributed by atoms with E-state index in [0.717, 1.165) is 25.8 Å². The van der Waals surface area contributed by atoms with Gasteiger partial charge in [-0.15, -0.1) is 0 Å². The Balaban J connectivity index is 1.57. The highest BCUT2D eigenvalue weighted by atomic mass is 127. The van der Waals surface area contributed by atoms with Crippen molar-refractivity contribution in [1.82, 2.24) is 4.57 Å². The number of hydrogen-bond donors (Lipinski definition) is 0. The third kappa shape index (κ3) is 6.75. The Morgan fingerprint density at radius 3 is 2.45 bits per heavy atom. The van der Waals surface area contributed by atoms with E-state index in [1.165, 1.54) is 11.3 Å². The molecule has 7 nitrogen and oxygen atoms in total. The fourth-order valence-electron chi connectivity index (χ4n) is 4.87. The molecule has 4 aromatic rings. The minimum Gasteiger partial charge on any atom is -0.490 e. The van der Waals surface area contributed by atoms with Crippen molar-refractivity contribution in [2.24, 2.45) is 4.99 Å². The second kappa shape index (κ2) is 13.9. The average Bonchev–Trinajstić information content (AvgIpc) is 3.28. The molecule has 1 aliphatic rings. The van der Waals surface area contributed by atoms with Gasteiger partial charge in [0, 0.05) is 0 Å². The highest BCUT2D eigenvalue weighted by Crippen LogP contribution is 2.36. The predicted molar refractivity (Wildman–Crippen MR) is 183 cm³/mol. The second-order valence-corrected chi connectivity index (χ2v) is 13.0. The minimum absolute atomic E-state index is 0.217. The van der Waals surface area contributed by atoms with Crippen molar-refractivity contribution < 1.29 is 19.0 Å². The fraction of sp³-hybridized carbons (Fsp3) is 0.242. The third-order valence-electron chi connectivity index (χ3n) is 6.91. The number of benzene rings is 3. The minimum atomic E-state index is -0.663. The van der Waals surface area contributed by atoms with Crippen molar-refractivity contribution in [3.05, 3.63) is 121 Å². The molecule has 0 fully saturated rings. The topological polar surface area (TPSA) is 79.1 Å². The lowest BCUT2D eigenvalue weighted by atomic mass is 9.95. The van der Waals surface area contributed by atoms with E-state index < -0.39 is 12.0 Å². The summed E-state index contributed by atoms with van der Waals surface area (Å²) in [7, 11) is 0. The molecule has 0 amide bonds. The van der Waals surface area contributed by atoms with E-state index in [4.69, 9.17) is 37.4 Å². The van der Waals surface area contributed by atoms with Crippen LogP contribution >= 0.6 is 57.1 Å². The molecule has 3 aromatic carbocycles. The van der Waals surface area contributed by atoms with Gasteiger partial charge < -0.3 is 14.2 Å². The fourth-order valence-corrected chi connectivity index (χ4v) is 7.01. The first kappa shape index (κ1) is 32.3. The molecular weight excluding hydrogens is 734 g/mol. The molecule has 0 bridgehead atoms. The van der Waals surface area contributed by atoms with Crippen LogP contribution in [-0.4, -0.2) is 23.8 Å². The number of carbonyl (C=O) groups excluding carboxylic acids is 1. The van der Waals surface area contributed by atoms with Crippen LogP contribution in [0.5, 0.6) is 11.5 Å². The quantitative estimate of drug-likeness (QED) is 0.136. The van der Waals surface area contributed by atoms with E-state index in [1.54, 1.807) is 30.5 Å². The number of esters is 1. The molecule has 44 heavy (non-hydrogen) atoms. The molecule has 0 unspecified atom stereocenters. The van der Waals surface area contributed by atoms with E-state index >= 15 is 0 Å². The molecule has 5 rings (SSSR count). The van der Waals surface area contributed by atoms with E-state index in [0.29, 0.717) is 48.8 Å². The number of aromatic nitrogens is 1. The Morgan fingerprint density at radius 1 is 1.02 bits per heavy atom. The van der Waals surface area contributed by atoms with Gasteiger partial charge in [-0.05, 0) is 97.3 Å². The standard InChI is InChI=1S/C33H29Cl2IN2O5S/c1-5-41-26-15-21(14-25(36)30(26)43-17-20-9-12-23(34)24(35)13-20)16-27-31(39)38-29(22-10-7-18(3)8-11-22)28(32(40)42-6-2)19(4)37-33(38)44-27/h7-16,29H,5-6,17H2,1-4H3/b27-16-/t29-/m1/s1. The van der Waals surface area contributed by atoms with Gasteiger partial charge in [-0.3, -0.25) is 9.36 Å². The Kier molecular flexibility index (Phi) is 10.2. The van der Waals surface area contributed by atoms with Crippen molar-refractivity contribution in [1.29, 1.82) is 0 Å². The lowest BCUT2D eigenvalue weighted by Gasteiger charge is -2.24. The molecule has 0 saturated heterocycles. The number of rotatable bonds is 9. The number of fused-ring (bicyclic) bond motifs is 1. The Bertz CT molecular complexity index is 1950. The van der Waals surface area contributed by atoms with Crippen molar-refractivity contribution >= 4 is 69.2 Å². The molecule has 2 heterocycles. The molecule has 0 saturated carbocycles. The molecule has 0 aliphatic carbocycles. The monoisotopic (exact) mass is 762 g/mol. The number of aryl methyl sites for hydroxylation is 1. The lowest BCUT2D eigenvalue weighted by molar-refractivity contribution is -0.139. The highest BCUT2D eigenvalue weighted by Gasteiger charge is 2.33. The Hall–Kier alpha value is -3.12. The van der Waals surface area contributed by atoms with Crippen LogP contribution in [0.1, 0.15) is 49.1 Å². The summed E-state index contributed by atoms with van der Waals surface area (Å²) in [6.45, 7) is 8.33. The number of carbonyl (C=O) groups is 1. The maximum atomic E-state index is 14.0. The van der Waals surface area contributed by atoms with Crippen LogP contribution in [-0.2, 0) is 16.1 Å². The van der Waals surface area contributed by atoms with E-state index in [1.807, 2.05) is 62.4 Å². The van der Waals surface area contributed by atoms with Gasteiger partial charge in [0.15, 0.2) is 16.3 Å². The smallest absolute Gasteiger partial charge is 0.338 e. The molecule has 1 aromatic heterocycles. The predicted octanol–water partition coefficient (Wildman–Crippen LogP) is 7.00. The summed E-state index contributed by atoms with van der Waals surface area (Å²) in [6.07, 6.45) is 1.81. The normalized spacial score (nSPS) is 14.7. The molecule has 1 atom stereocenters. The van der Waals surface area contributed by atoms with Gasteiger partial charge in [-0.2, -0.15) is 0 Å². The zero-order chi connectivity index (χ0) is 31.5. The SMILES string of the molecule is CCOC(=O)C1=C(C)N=c2s/c(=C\c3cc(I)c(OCc4ccc(Cl)c(Cl)c4)c(OCC)c3)c(=O)n2[C@@H]1c1ccc(C)cc1. The van der Waals surface area contributed by atoms with Gasteiger partial charge in [0.25, 0.3) is 5.56 Å². The lowest BCUT2D eigenvalue weighted by Crippen LogP contribution is -2.39. The number of thiazole rings is 1. The van der Waals surface area contributed by atoms with Crippen LogP contribution in [0.4, 0.5) is 0 Å². The third-order valence-corrected chi connectivity index (χ3v) is 9.43. The number of nitrogens with zero attached hydrogens (tertiary/aromatic N) is 2. The highest BCUT2D eigenvalue weighted by molar-refractivity contribution is 14.1. The van der Waals surface area contributed by atoms with E-state index in [2.05, 4.69) is 27.6 Å². The number of ether oxygens (including phenoxy) is 3. The molecular formula is C33H29Cl2IN2O5S. The van der Waals surface area contributed by atoms with Crippen LogP contribution < -0.4 is 24.4 Å². The first-order valence-electron chi connectivity index (χ1n) is 13.9. The summed E-state index contributed by atoms with van der Waals surface area (Å²) in [5.41, 5.74) is 4.13. The molecule has 11 heteroatoms. The summed E-state index contributed by atoms with van der Waals surface area (Å²) in [5.74, 6) is 0.656. The molecule has 0 radical (unpaired) electrons. The molecule has 0 N–H and O–H groups in total. The zero-order valence-electron chi connectivity index (χ0n) is 24.4. The first-order chi connectivity index (χ1) is 21.1. The van der Waals surface area contributed by atoms with Crippen LogP contribution in [0.3, 0.4) is 0 Å². The van der Waals surface area contributed by atoms with E-state index in [9.17, 15) is 9.59 Å². The van der Waals surface area contributed by atoms with Crippen LogP contribution in [0.15, 0.2) is 75.7 Å². The van der Waals surface area contributed by atoms with Crippen LogP contribution in [0, 0.1) is 10.5 Å². The van der Waals surface area contributed by atoms with Gasteiger partial charge in [0.05, 0.1) is 48.7 Å². The van der Waals surface area contributed by atoms with Crippen molar-refractivity contribution in [2.75, 3.05) is 13.2 Å². The van der Waals surface area contributed by atoms with Gasteiger partial charge in [0.2, 0.25) is 0 Å². The maximum absolute atomic E-state index is 14.0. The van der Waals surface area contributed by atoms with Gasteiger partial charge >= 0.3 is 5.97 Å². The number of hydrogen-bond acceptors (Lipinski definition) is 7. The van der Waals surface area contributed by atoms with Crippen LogP contribution in [0.25, 0.3) is 6.08 Å².